The second-order valence-electron chi connectivity index (χ2n) is 5.51. The third-order valence-corrected chi connectivity index (χ3v) is 4.26. The number of halogens is 2. The van der Waals surface area contributed by atoms with Gasteiger partial charge in [-0.3, -0.25) is 4.79 Å². The van der Waals surface area contributed by atoms with Crippen molar-refractivity contribution in [1.29, 1.82) is 0 Å². The third kappa shape index (κ3) is 4.42. The van der Waals surface area contributed by atoms with E-state index in [0.717, 1.165) is 69.7 Å². The van der Waals surface area contributed by atoms with Crippen LogP contribution in [0, 0.1) is 0 Å². The van der Waals surface area contributed by atoms with Gasteiger partial charge in [0, 0.05) is 44.7 Å². The fraction of sp³-hybridized carbons (Fsp3) is 0.714. The molecule has 1 fully saturated rings. The van der Waals surface area contributed by atoms with Crippen LogP contribution in [0.25, 0.3) is 0 Å². The summed E-state index contributed by atoms with van der Waals surface area (Å²) in [6.45, 7) is 5.44. The van der Waals surface area contributed by atoms with Gasteiger partial charge < -0.3 is 10.2 Å². The summed E-state index contributed by atoms with van der Waals surface area (Å²) in [5.41, 5.74) is 3.38. The smallest absolute Gasteiger partial charge is 0.267 e. The lowest BCUT2D eigenvalue weighted by molar-refractivity contribution is 0.243. The number of fused-ring (bicyclic) bond motifs is 1. The number of aromatic amines is 1. The SMILES string of the molecule is Cl.Cl.O=c1[nH]nc(CCN2CCNCC2)c2c1CCCC2. The second-order valence-corrected chi connectivity index (χ2v) is 5.51. The average molecular weight is 335 g/mol. The van der Waals surface area contributed by atoms with E-state index in [2.05, 4.69) is 20.4 Å². The molecule has 7 heteroatoms. The molecule has 0 saturated carbocycles. The molecular weight excluding hydrogens is 311 g/mol. The van der Waals surface area contributed by atoms with Gasteiger partial charge in [0.2, 0.25) is 0 Å². The maximum Gasteiger partial charge on any atom is 0.267 e. The minimum Gasteiger partial charge on any atom is -0.314 e. The van der Waals surface area contributed by atoms with Crippen molar-refractivity contribution in [2.45, 2.75) is 32.1 Å². The van der Waals surface area contributed by atoms with Crippen LogP contribution in [0.15, 0.2) is 4.79 Å². The topological polar surface area (TPSA) is 61.0 Å². The predicted molar refractivity (Wildman–Crippen MR) is 89.0 cm³/mol. The van der Waals surface area contributed by atoms with Crippen molar-refractivity contribution in [3.8, 4) is 0 Å². The highest BCUT2D eigenvalue weighted by atomic mass is 35.5. The van der Waals surface area contributed by atoms with Gasteiger partial charge in [0.05, 0.1) is 5.69 Å². The number of hydrogen-bond donors (Lipinski definition) is 2. The van der Waals surface area contributed by atoms with Crippen molar-refractivity contribution in [1.82, 2.24) is 20.4 Å². The molecule has 0 radical (unpaired) electrons. The summed E-state index contributed by atoms with van der Waals surface area (Å²) in [5, 5.41) is 10.3. The highest BCUT2D eigenvalue weighted by Crippen LogP contribution is 2.20. The van der Waals surface area contributed by atoms with Crippen LogP contribution < -0.4 is 10.9 Å². The first-order valence-corrected chi connectivity index (χ1v) is 7.37. The van der Waals surface area contributed by atoms with Crippen LogP contribution in [0.4, 0.5) is 0 Å². The Balaban J connectivity index is 0.00000110. The maximum absolute atomic E-state index is 11.8. The number of piperazine rings is 1. The molecule has 2 aliphatic rings. The zero-order valence-corrected chi connectivity index (χ0v) is 13.8. The summed E-state index contributed by atoms with van der Waals surface area (Å²) in [5.74, 6) is 0. The maximum atomic E-state index is 11.8. The number of aromatic nitrogens is 2. The van der Waals surface area contributed by atoms with Crippen molar-refractivity contribution in [3.63, 3.8) is 0 Å². The number of H-pyrrole nitrogens is 1. The Morgan fingerprint density at radius 2 is 1.71 bits per heavy atom. The Morgan fingerprint density at radius 1 is 1.05 bits per heavy atom. The molecule has 0 unspecified atom stereocenters. The first kappa shape index (κ1) is 18.4. The monoisotopic (exact) mass is 334 g/mol. The van der Waals surface area contributed by atoms with E-state index in [4.69, 9.17) is 0 Å². The molecule has 2 N–H and O–H groups in total. The first-order valence-electron chi connectivity index (χ1n) is 7.37. The Labute approximate surface area is 137 Å². The zero-order valence-electron chi connectivity index (χ0n) is 12.2. The molecule has 0 amide bonds. The largest absolute Gasteiger partial charge is 0.314 e. The van der Waals surface area contributed by atoms with Gasteiger partial charge in [-0.05, 0) is 31.2 Å². The van der Waals surface area contributed by atoms with Crippen LogP contribution in [0.2, 0.25) is 0 Å². The summed E-state index contributed by atoms with van der Waals surface area (Å²) in [6, 6.07) is 0. The van der Waals surface area contributed by atoms with Crippen LogP contribution in [-0.2, 0) is 19.3 Å². The number of nitrogens with one attached hydrogen (secondary N) is 2. The lowest BCUT2D eigenvalue weighted by Crippen LogP contribution is -2.44. The summed E-state index contributed by atoms with van der Waals surface area (Å²) in [4.78, 5) is 14.3. The molecule has 1 saturated heterocycles. The van der Waals surface area contributed by atoms with E-state index in [9.17, 15) is 4.79 Å². The molecule has 21 heavy (non-hydrogen) atoms. The predicted octanol–water partition coefficient (Wildman–Crippen LogP) is 0.940. The summed E-state index contributed by atoms with van der Waals surface area (Å²) >= 11 is 0. The fourth-order valence-corrected chi connectivity index (χ4v) is 3.13. The van der Waals surface area contributed by atoms with Crippen molar-refractivity contribution in [2.24, 2.45) is 0 Å². The molecule has 1 aliphatic heterocycles. The van der Waals surface area contributed by atoms with Crippen LogP contribution in [-0.4, -0.2) is 47.8 Å². The molecule has 0 spiro atoms. The van der Waals surface area contributed by atoms with Gasteiger partial charge in [0.15, 0.2) is 0 Å². The van der Waals surface area contributed by atoms with Gasteiger partial charge in [-0.2, -0.15) is 5.10 Å². The summed E-state index contributed by atoms with van der Waals surface area (Å²) in [7, 11) is 0. The van der Waals surface area contributed by atoms with E-state index < -0.39 is 0 Å². The van der Waals surface area contributed by atoms with Crippen LogP contribution in [0.3, 0.4) is 0 Å². The first-order chi connectivity index (χ1) is 9.34. The number of nitrogens with zero attached hydrogens (tertiary/aromatic N) is 2. The van der Waals surface area contributed by atoms with Crippen LogP contribution in [0.1, 0.15) is 29.7 Å². The minimum absolute atomic E-state index is 0. The molecule has 0 aromatic carbocycles. The quantitative estimate of drug-likeness (QED) is 0.863. The van der Waals surface area contributed by atoms with Gasteiger partial charge in [-0.25, -0.2) is 5.10 Å². The Hall–Kier alpha value is -0.620. The van der Waals surface area contributed by atoms with E-state index in [1.807, 2.05) is 0 Å². The average Bonchev–Trinajstić information content (AvgIpc) is 2.48. The molecule has 0 atom stereocenters. The summed E-state index contributed by atoms with van der Waals surface area (Å²) < 4.78 is 0. The van der Waals surface area contributed by atoms with E-state index in [1.165, 1.54) is 12.0 Å². The molecule has 0 bridgehead atoms. The zero-order chi connectivity index (χ0) is 13.1. The van der Waals surface area contributed by atoms with Gasteiger partial charge >= 0.3 is 0 Å². The molecule has 120 valence electrons. The van der Waals surface area contributed by atoms with E-state index in [-0.39, 0.29) is 30.4 Å². The Morgan fingerprint density at radius 3 is 2.43 bits per heavy atom. The highest BCUT2D eigenvalue weighted by Gasteiger charge is 2.18. The standard InChI is InChI=1S/C14H22N4O.2ClH/c19-14-12-4-2-1-3-11(12)13(16-17-14)5-8-18-9-6-15-7-10-18;;/h15H,1-10H2,(H,17,19);2*1H. The molecule has 1 aromatic rings. The van der Waals surface area contributed by atoms with Gasteiger partial charge in [0.25, 0.3) is 5.56 Å². The van der Waals surface area contributed by atoms with Crippen molar-refractivity contribution in [2.75, 3.05) is 32.7 Å². The van der Waals surface area contributed by atoms with Gasteiger partial charge in [-0.15, -0.1) is 24.8 Å². The minimum atomic E-state index is 0. The van der Waals surface area contributed by atoms with E-state index in [0.29, 0.717) is 0 Å². The van der Waals surface area contributed by atoms with Crippen molar-refractivity contribution in [3.05, 3.63) is 27.2 Å². The van der Waals surface area contributed by atoms with E-state index in [1.54, 1.807) is 0 Å². The summed E-state index contributed by atoms with van der Waals surface area (Å²) in [6.07, 6.45) is 5.24. The fourth-order valence-electron chi connectivity index (χ4n) is 3.13. The van der Waals surface area contributed by atoms with Crippen molar-refractivity contribution < 1.29 is 0 Å². The lowest BCUT2D eigenvalue weighted by atomic mass is 9.91. The van der Waals surface area contributed by atoms with Crippen LogP contribution in [0.5, 0.6) is 0 Å². The lowest BCUT2D eigenvalue weighted by Gasteiger charge is -2.27. The van der Waals surface area contributed by atoms with Crippen LogP contribution >= 0.6 is 24.8 Å². The third-order valence-electron chi connectivity index (χ3n) is 4.26. The number of rotatable bonds is 3. The Bertz CT molecular complexity index is 500. The van der Waals surface area contributed by atoms with Gasteiger partial charge in [0.1, 0.15) is 0 Å². The van der Waals surface area contributed by atoms with E-state index >= 15 is 0 Å². The number of hydrogen-bond acceptors (Lipinski definition) is 4. The molecular formula is C14H24Cl2N4O. The van der Waals surface area contributed by atoms with Crippen molar-refractivity contribution >= 4 is 24.8 Å². The molecule has 1 aromatic heterocycles. The molecule has 3 rings (SSSR count). The molecule has 1 aliphatic carbocycles. The molecule has 2 heterocycles. The Kier molecular flexibility index (Phi) is 7.66. The highest BCUT2D eigenvalue weighted by molar-refractivity contribution is 5.85. The second kappa shape index (κ2) is 8.73. The normalized spacial score (nSPS) is 18.3. The molecule has 5 nitrogen and oxygen atoms in total. The van der Waals surface area contributed by atoms with Gasteiger partial charge in [-0.1, -0.05) is 0 Å².